The summed E-state index contributed by atoms with van der Waals surface area (Å²) < 4.78 is 16.2. The van der Waals surface area contributed by atoms with E-state index in [0.29, 0.717) is 33.0 Å². The molecule has 9 heteroatoms. The third-order valence-electron chi connectivity index (χ3n) is 3.41. The average Bonchev–Trinajstić information content (AvgIpc) is 2.90. The molecule has 27 heavy (non-hydrogen) atoms. The van der Waals surface area contributed by atoms with Crippen molar-refractivity contribution in [3.63, 3.8) is 0 Å². The van der Waals surface area contributed by atoms with Crippen LogP contribution in [0, 0.1) is 0 Å². The quantitative estimate of drug-likeness (QED) is 0.336. The molecule has 1 aromatic carbocycles. The molecule has 1 saturated heterocycles. The lowest BCUT2D eigenvalue weighted by Gasteiger charge is -2.13. The molecule has 1 fully saturated rings. The predicted octanol–water partition coefficient (Wildman–Crippen LogP) is 3.62. The molecule has 0 spiro atoms. The Kier molecular flexibility index (Phi) is 7.49. The van der Waals surface area contributed by atoms with Crippen LogP contribution in [-0.4, -0.2) is 48.9 Å². The Labute approximate surface area is 169 Å². The zero-order valence-corrected chi connectivity index (χ0v) is 17.2. The first-order valence-corrected chi connectivity index (χ1v) is 9.54. The number of thioether (sulfide) groups is 1. The molecule has 0 atom stereocenters. The van der Waals surface area contributed by atoms with Gasteiger partial charge < -0.3 is 14.2 Å². The minimum atomic E-state index is -0.520. The summed E-state index contributed by atoms with van der Waals surface area (Å²) in [6.45, 7) is 5.64. The lowest BCUT2D eigenvalue weighted by atomic mass is 10.2. The van der Waals surface area contributed by atoms with Gasteiger partial charge in [0.1, 0.15) is 0 Å². The number of carbonyl (C=O) groups is 3. The number of nitrogens with zero attached hydrogens (tertiary/aromatic N) is 1. The molecule has 1 aliphatic rings. The Morgan fingerprint density at radius 3 is 2.63 bits per heavy atom. The van der Waals surface area contributed by atoms with Crippen molar-refractivity contribution in [2.45, 2.75) is 6.92 Å². The van der Waals surface area contributed by atoms with E-state index in [0.717, 1.165) is 16.7 Å². The fraction of sp³-hybridized carbons (Fsp3) is 0.278. The maximum absolute atomic E-state index is 12.4. The first kappa shape index (κ1) is 21.0. The number of ether oxygens (including phenoxy) is 3. The SMILES string of the molecule is C=CCN1C(=O)S/C(=C/c2cc(OCC)c(OCC(=O)OC)cc2Br)C1=O. The smallest absolute Gasteiger partial charge is 0.343 e. The van der Waals surface area contributed by atoms with E-state index < -0.39 is 5.97 Å². The zero-order chi connectivity index (χ0) is 20.0. The minimum absolute atomic E-state index is 0.160. The van der Waals surface area contributed by atoms with E-state index in [4.69, 9.17) is 9.47 Å². The zero-order valence-electron chi connectivity index (χ0n) is 14.8. The number of benzene rings is 1. The molecule has 0 bridgehead atoms. The van der Waals surface area contributed by atoms with Gasteiger partial charge in [-0.3, -0.25) is 14.5 Å². The molecule has 7 nitrogen and oxygen atoms in total. The standard InChI is InChI=1S/C18H18BrNO6S/c1-4-6-20-17(22)15(27-18(20)23)8-11-7-13(25-5-2)14(9-12(11)19)26-10-16(21)24-3/h4,7-9H,1,5-6,10H2,2-3H3/b15-8+. The number of halogens is 1. The number of amides is 2. The summed E-state index contributed by atoms with van der Waals surface area (Å²) in [6, 6.07) is 3.30. The highest BCUT2D eigenvalue weighted by Crippen LogP contribution is 2.38. The van der Waals surface area contributed by atoms with E-state index in [9.17, 15) is 14.4 Å². The molecule has 2 rings (SSSR count). The highest BCUT2D eigenvalue weighted by atomic mass is 79.9. The Balaban J connectivity index is 2.33. The number of hydrogen-bond donors (Lipinski definition) is 0. The van der Waals surface area contributed by atoms with Gasteiger partial charge in [0.05, 0.1) is 18.6 Å². The highest BCUT2D eigenvalue weighted by molar-refractivity contribution is 9.10. The fourth-order valence-corrected chi connectivity index (χ4v) is 3.44. The molecule has 2 amide bonds. The maximum Gasteiger partial charge on any atom is 0.343 e. The van der Waals surface area contributed by atoms with Crippen molar-refractivity contribution in [1.82, 2.24) is 4.90 Å². The topological polar surface area (TPSA) is 82.1 Å². The van der Waals surface area contributed by atoms with Crippen LogP contribution in [0.4, 0.5) is 4.79 Å². The lowest BCUT2D eigenvalue weighted by molar-refractivity contribution is -0.142. The summed E-state index contributed by atoms with van der Waals surface area (Å²) in [7, 11) is 1.27. The molecule has 0 aromatic heterocycles. The van der Waals surface area contributed by atoms with Crippen LogP contribution < -0.4 is 9.47 Å². The lowest BCUT2D eigenvalue weighted by Crippen LogP contribution is -2.27. The van der Waals surface area contributed by atoms with Gasteiger partial charge in [-0.15, -0.1) is 6.58 Å². The van der Waals surface area contributed by atoms with Crippen LogP contribution in [0.15, 0.2) is 34.2 Å². The van der Waals surface area contributed by atoms with Crippen LogP contribution in [0.5, 0.6) is 11.5 Å². The van der Waals surface area contributed by atoms with Gasteiger partial charge in [-0.2, -0.15) is 0 Å². The van der Waals surface area contributed by atoms with Gasteiger partial charge in [-0.25, -0.2) is 4.79 Å². The molecular formula is C18H18BrNO6S. The Morgan fingerprint density at radius 1 is 1.30 bits per heavy atom. The molecular weight excluding hydrogens is 438 g/mol. The molecule has 144 valence electrons. The average molecular weight is 456 g/mol. The number of rotatable bonds is 8. The summed E-state index contributed by atoms with van der Waals surface area (Å²) in [4.78, 5) is 37.0. The third-order valence-corrected chi connectivity index (χ3v) is 5.00. The van der Waals surface area contributed by atoms with Gasteiger partial charge in [0, 0.05) is 11.0 Å². The van der Waals surface area contributed by atoms with Gasteiger partial charge in [-0.1, -0.05) is 22.0 Å². The van der Waals surface area contributed by atoms with E-state index in [1.165, 1.54) is 13.2 Å². The van der Waals surface area contributed by atoms with Gasteiger partial charge in [0.15, 0.2) is 18.1 Å². The van der Waals surface area contributed by atoms with Gasteiger partial charge in [0.25, 0.3) is 11.1 Å². The van der Waals surface area contributed by atoms with Crippen LogP contribution in [0.25, 0.3) is 6.08 Å². The Morgan fingerprint density at radius 2 is 2.00 bits per heavy atom. The highest BCUT2D eigenvalue weighted by Gasteiger charge is 2.34. The molecule has 0 N–H and O–H groups in total. The molecule has 1 heterocycles. The summed E-state index contributed by atoms with van der Waals surface area (Å²) >= 11 is 4.28. The molecule has 0 radical (unpaired) electrons. The third kappa shape index (κ3) is 5.14. The van der Waals surface area contributed by atoms with E-state index in [2.05, 4.69) is 27.2 Å². The summed E-state index contributed by atoms with van der Waals surface area (Å²) in [5, 5.41) is -0.342. The normalized spacial score (nSPS) is 15.2. The predicted molar refractivity (Wildman–Crippen MR) is 106 cm³/mol. The molecule has 0 saturated carbocycles. The monoisotopic (exact) mass is 455 g/mol. The second-order valence-corrected chi connectivity index (χ2v) is 7.05. The molecule has 1 aliphatic heterocycles. The van der Waals surface area contributed by atoms with Gasteiger partial charge >= 0.3 is 5.97 Å². The summed E-state index contributed by atoms with van der Waals surface area (Å²) in [5.74, 6) is -0.137. The number of hydrogen-bond acceptors (Lipinski definition) is 7. The van der Waals surface area contributed by atoms with Crippen LogP contribution in [0.1, 0.15) is 12.5 Å². The van der Waals surface area contributed by atoms with Crippen molar-refractivity contribution in [2.75, 3.05) is 26.9 Å². The molecule has 0 aliphatic carbocycles. The Hall–Kier alpha value is -2.26. The first-order valence-electron chi connectivity index (χ1n) is 7.93. The first-order chi connectivity index (χ1) is 12.9. The minimum Gasteiger partial charge on any atom is -0.490 e. The van der Waals surface area contributed by atoms with E-state index in [1.807, 2.05) is 6.92 Å². The van der Waals surface area contributed by atoms with Crippen LogP contribution in [-0.2, 0) is 14.3 Å². The van der Waals surface area contributed by atoms with Crippen molar-refractivity contribution >= 4 is 50.9 Å². The summed E-state index contributed by atoms with van der Waals surface area (Å²) in [5.41, 5.74) is 0.632. The van der Waals surface area contributed by atoms with Crippen molar-refractivity contribution in [3.8, 4) is 11.5 Å². The fourth-order valence-electron chi connectivity index (χ4n) is 2.17. The van der Waals surface area contributed by atoms with Gasteiger partial charge in [-0.05, 0) is 42.5 Å². The van der Waals surface area contributed by atoms with E-state index in [1.54, 1.807) is 18.2 Å². The Bertz CT molecular complexity index is 807. The largest absolute Gasteiger partial charge is 0.490 e. The number of carbonyl (C=O) groups excluding carboxylic acids is 3. The van der Waals surface area contributed by atoms with Crippen LogP contribution in [0.2, 0.25) is 0 Å². The van der Waals surface area contributed by atoms with Crippen LogP contribution in [0.3, 0.4) is 0 Å². The van der Waals surface area contributed by atoms with Gasteiger partial charge in [0.2, 0.25) is 0 Å². The second kappa shape index (κ2) is 9.61. The van der Waals surface area contributed by atoms with Crippen molar-refractivity contribution < 1.29 is 28.6 Å². The van der Waals surface area contributed by atoms with E-state index in [-0.39, 0.29) is 24.3 Å². The number of imide groups is 1. The second-order valence-electron chi connectivity index (χ2n) is 5.20. The van der Waals surface area contributed by atoms with Crippen molar-refractivity contribution in [1.29, 1.82) is 0 Å². The van der Waals surface area contributed by atoms with Crippen molar-refractivity contribution in [2.24, 2.45) is 0 Å². The van der Waals surface area contributed by atoms with Crippen molar-refractivity contribution in [3.05, 3.63) is 39.7 Å². The number of methoxy groups -OCH3 is 1. The maximum atomic E-state index is 12.4. The summed E-state index contributed by atoms with van der Waals surface area (Å²) in [6.07, 6.45) is 3.10. The van der Waals surface area contributed by atoms with Crippen LogP contribution >= 0.6 is 27.7 Å². The molecule has 0 unspecified atom stereocenters. The number of esters is 1. The molecule has 1 aromatic rings. The van der Waals surface area contributed by atoms with E-state index >= 15 is 0 Å².